The smallest absolute Gasteiger partial charge is 0.454 e. The van der Waals surface area contributed by atoms with Gasteiger partial charge in [-0.05, 0) is 18.2 Å². The SMILES string of the molecule is COc1ccc(C(=O)C(F)(F)F)cc1C(F)(F)F. The van der Waals surface area contributed by atoms with Crippen molar-refractivity contribution in [2.45, 2.75) is 12.4 Å². The molecule has 0 N–H and O–H groups in total. The number of carbonyl (C=O) groups excluding carboxylic acids is 1. The highest BCUT2D eigenvalue weighted by molar-refractivity contribution is 6.00. The Balaban J connectivity index is 3.32. The number of rotatable bonds is 2. The molecular weight excluding hydrogens is 266 g/mol. The van der Waals surface area contributed by atoms with Gasteiger partial charge in [0.2, 0.25) is 0 Å². The maximum Gasteiger partial charge on any atom is 0.454 e. The van der Waals surface area contributed by atoms with Gasteiger partial charge in [-0.3, -0.25) is 4.79 Å². The Bertz CT molecular complexity index is 460. The third-order valence-corrected chi connectivity index (χ3v) is 2.02. The molecule has 2 nitrogen and oxygen atoms in total. The standard InChI is InChI=1S/C10H6F6O2/c1-18-7-3-2-5(8(17)10(14,15)16)4-6(7)9(11,12)13/h2-4H,1H3. The van der Waals surface area contributed by atoms with Crippen molar-refractivity contribution in [2.75, 3.05) is 7.11 Å². The van der Waals surface area contributed by atoms with E-state index in [0.717, 1.165) is 7.11 Å². The lowest BCUT2D eigenvalue weighted by Gasteiger charge is -2.13. The van der Waals surface area contributed by atoms with Crippen LogP contribution >= 0.6 is 0 Å². The maximum absolute atomic E-state index is 12.5. The normalized spacial score (nSPS) is 12.4. The number of carbonyl (C=O) groups is 1. The van der Waals surface area contributed by atoms with E-state index in [0.29, 0.717) is 12.1 Å². The molecule has 0 saturated carbocycles. The van der Waals surface area contributed by atoms with Crippen LogP contribution in [-0.2, 0) is 6.18 Å². The Hall–Kier alpha value is -1.73. The summed E-state index contributed by atoms with van der Waals surface area (Å²) in [5.41, 5.74) is -2.52. The second kappa shape index (κ2) is 4.51. The number of Topliss-reactive ketones (excluding diaryl/α,β-unsaturated/α-hetero) is 1. The Labute approximate surface area is 97.2 Å². The van der Waals surface area contributed by atoms with E-state index in [1.54, 1.807) is 0 Å². The predicted molar refractivity (Wildman–Crippen MR) is 48.4 cm³/mol. The first-order valence-corrected chi connectivity index (χ1v) is 4.44. The van der Waals surface area contributed by atoms with Crippen LogP contribution in [-0.4, -0.2) is 19.1 Å². The summed E-state index contributed by atoms with van der Waals surface area (Å²) in [4.78, 5) is 10.8. The third kappa shape index (κ3) is 2.93. The Morgan fingerprint density at radius 3 is 2.06 bits per heavy atom. The lowest BCUT2D eigenvalue weighted by Crippen LogP contribution is -2.23. The molecule has 0 fully saturated rings. The summed E-state index contributed by atoms with van der Waals surface area (Å²) >= 11 is 0. The minimum atomic E-state index is -5.22. The van der Waals surface area contributed by atoms with Gasteiger partial charge in [-0.1, -0.05) is 0 Å². The first-order valence-electron chi connectivity index (χ1n) is 4.44. The average Bonchev–Trinajstić information content (AvgIpc) is 2.24. The van der Waals surface area contributed by atoms with Crippen LogP contribution < -0.4 is 4.74 Å². The highest BCUT2D eigenvalue weighted by Gasteiger charge is 2.41. The van der Waals surface area contributed by atoms with E-state index in [1.807, 2.05) is 0 Å². The predicted octanol–water partition coefficient (Wildman–Crippen LogP) is 3.46. The molecule has 0 atom stereocenters. The van der Waals surface area contributed by atoms with Gasteiger partial charge in [0.15, 0.2) is 0 Å². The van der Waals surface area contributed by atoms with Crippen LogP contribution in [0.3, 0.4) is 0 Å². The molecule has 0 spiro atoms. The van der Waals surface area contributed by atoms with Crippen LogP contribution in [0.1, 0.15) is 15.9 Å². The molecule has 8 heteroatoms. The number of halogens is 6. The molecule has 0 aromatic heterocycles. The van der Waals surface area contributed by atoms with E-state index < -0.39 is 35.0 Å². The number of hydrogen-bond acceptors (Lipinski definition) is 2. The molecular formula is C10H6F6O2. The molecule has 0 aliphatic carbocycles. The Kier molecular flexibility index (Phi) is 3.59. The van der Waals surface area contributed by atoms with E-state index in [2.05, 4.69) is 4.74 Å². The van der Waals surface area contributed by atoms with E-state index in [9.17, 15) is 31.1 Å². The molecule has 0 aliphatic heterocycles. The van der Waals surface area contributed by atoms with Crippen LogP contribution in [0, 0.1) is 0 Å². The van der Waals surface area contributed by atoms with Gasteiger partial charge in [-0.25, -0.2) is 0 Å². The minimum Gasteiger partial charge on any atom is -0.496 e. The monoisotopic (exact) mass is 272 g/mol. The average molecular weight is 272 g/mol. The lowest BCUT2D eigenvalue weighted by molar-refractivity contribution is -0.138. The van der Waals surface area contributed by atoms with Crippen LogP contribution in [0.4, 0.5) is 26.3 Å². The summed E-state index contributed by atoms with van der Waals surface area (Å²) in [5.74, 6) is -2.99. The van der Waals surface area contributed by atoms with Crippen LogP contribution in [0.25, 0.3) is 0 Å². The van der Waals surface area contributed by atoms with Gasteiger partial charge in [-0.2, -0.15) is 26.3 Å². The second-order valence-corrected chi connectivity index (χ2v) is 3.24. The first-order chi connectivity index (χ1) is 8.07. The zero-order chi connectivity index (χ0) is 14.1. The molecule has 0 amide bonds. The zero-order valence-electron chi connectivity index (χ0n) is 8.82. The maximum atomic E-state index is 12.5. The summed E-state index contributed by atoms with van der Waals surface area (Å²) in [5, 5.41) is 0. The van der Waals surface area contributed by atoms with Crippen molar-refractivity contribution in [3.8, 4) is 5.75 Å². The Morgan fingerprint density at radius 1 is 1.11 bits per heavy atom. The first kappa shape index (κ1) is 14.3. The number of hydrogen-bond donors (Lipinski definition) is 0. The summed E-state index contributed by atoms with van der Waals surface area (Å²) in [6, 6.07) is 1.42. The molecule has 100 valence electrons. The van der Waals surface area contributed by atoms with Crippen LogP contribution in [0.5, 0.6) is 5.75 Å². The molecule has 1 aromatic rings. The highest BCUT2D eigenvalue weighted by Crippen LogP contribution is 2.37. The van der Waals surface area contributed by atoms with E-state index in [-0.39, 0.29) is 6.07 Å². The second-order valence-electron chi connectivity index (χ2n) is 3.24. The Morgan fingerprint density at radius 2 is 1.67 bits per heavy atom. The molecule has 0 heterocycles. The topological polar surface area (TPSA) is 26.3 Å². The summed E-state index contributed by atoms with van der Waals surface area (Å²) in [6.45, 7) is 0. The fraction of sp³-hybridized carbons (Fsp3) is 0.300. The van der Waals surface area contributed by atoms with E-state index >= 15 is 0 Å². The van der Waals surface area contributed by atoms with Crippen molar-refractivity contribution in [3.05, 3.63) is 29.3 Å². The van der Waals surface area contributed by atoms with Crippen molar-refractivity contribution in [3.63, 3.8) is 0 Å². The summed E-state index contributed by atoms with van der Waals surface area (Å²) in [7, 11) is 0.940. The van der Waals surface area contributed by atoms with Crippen molar-refractivity contribution < 1.29 is 35.9 Å². The molecule has 0 radical (unpaired) electrons. The summed E-state index contributed by atoms with van der Waals surface area (Å²) < 4.78 is 78.1. The lowest BCUT2D eigenvalue weighted by atomic mass is 10.1. The van der Waals surface area contributed by atoms with Gasteiger partial charge in [0.1, 0.15) is 5.75 Å². The quantitative estimate of drug-likeness (QED) is 0.608. The van der Waals surface area contributed by atoms with Crippen molar-refractivity contribution in [1.29, 1.82) is 0 Å². The molecule has 1 rings (SSSR count). The molecule has 0 bridgehead atoms. The van der Waals surface area contributed by atoms with Crippen molar-refractivity contribution >= 4 is 5.78 Å². The number of benzene rings is 1. The number of ether oxygens (including phenoxy) is 1. The molecule has 18 heavy (non-hydrogen) atoms. The minimum absolute atomic E-state index is 0.120. The van der Waals surface area contributed by atoms with E-state index in [1.165, 1.54) is 0 Å². The van der Waals surface area contributed by atoms with Crippen LogP contribution in [0.15, 0.2) is 18.2 Å². The molecule has 0 unspecified atom stereocenters. The van der Waals surface area contributed by atoms with Crippen molar-refractivity contribution in [2.24, 2.45) is 0 Å². The van der Waals surface area contributed by atoms with Crippen LogP contribution in [0.2, 0.25) is 0 Å². The number of alkyl halides is 6. The van der Waals surface area contributed by atoms with Gasteiger partial charge < -0.3 is 4.74 Å². The number of ketones is 1. The fourth-order valence-corrected chi connectivity index (χ4v) is 1.23. The third-order valence-electron chi connectivity index (χ3n) is 2.02. The van der Waals surface area contributed by atoms with Gasteiger partial charge in [0.25, 0.3) is 5.78 Å². The summed E-state index contributed by atoms with van der Waals surface area (Å²) in [6.07, 6.45) is -10.1. The van der Waals surface area contributed by atoms with Gasteiger partial charge in [-0.15, -0.1) is 0 Å². The highest BCUT2D eigenvalue weighted by atomic mass is 19.4. The van der Waals surface area contributed by atoms with Crippen molar-refractivity contribution in [1.82, 2.24) is 0 Å². The van der Waals surface area contributed by atoms with Gasteiger partial charge in [0, 0.05) is 5.56 Å². The molecule has 1 aromatic carbocycles. The number of methoxy groups -OCH3 is 1. The molecule has 0 aliphatic rings. The van der Waals surface area contributed by atoms with Gasteiger partial charge >= 0.3 is 12.4 Å². The molecule has 0 saturated heterocycles. The van der Waals surface area contributed by atoms with Gasteiger partial charge in [0.05, 0.1) is 12.7 Å². The largest absolute Gasteiger partial charge is 0.496 e. The fourth-order valence-electron chi connectivity index (χ4n) is 1.23. The zero-order valence-corrected chi connectivity index (χ0v) is 8.82. The van der Waals surface area contributed by atoms with E-state index in [4.69, 9.17) is 0 Å².